The number of ether oxygens (including phenoxy) is 1. The van der Waals surface area contributed by atoms with Crippen LogP contribution >= 0.6 is 0 Å². The monoisotopic (exact) mass is 344 g/mol. The SMILES string of the molecule is COc1cccc(CCNC(=O)C2(C(=O)NC3CCCCC3)CC2)c1. The van der Waals surface area contributed by atoms with Gasteiger partial charge in [0.15, 0.2) is 0 Å². The summed E-state index contributed by atoms with van der Waals surface area (Å²) in [5, 5.41) is 6.06. The van der Waals surface area contributed by atoms with Crippen LogP contribution in [0.5, 0.6) is 5.75 Å². The summed E-state index contributed by atoms with van der Waals surface area (Å²) in [6, 6.07) is 8.07. The lowest BCUT2D eigenvalue weighted by Gasteiger charge is -2.25. The number of rotatable bonds is 7. The van der Waals surface area contributed by atoms with E-state index in [4.69, 9.17) is 4.74 Å². The van der Waals surface area contributed by atoms with E-state index < -0.39 is 5.41 Å². The van der Waals surface area contributed by atoms with E-state index in [1.165, 1.54) is 19.3 Å². The Kier molecular flexibility index (Phi) is 5.61. The Hall–Kier alpha value is -2.04. The number of hydrogen-bond donors (Lipinski definition) is 2. The van der Waals surface area contributed by atoms with Crippen molar-refractivity contribution in [1.82, 2.24) is 10.6 Å². The summed E-state index contributed by atoms with van der Waals surface area (Å²) >= 11 is 0. The predicted octanol–water partition coefficient (Wildman–Crippen LogP) is 2.58. The highest BCUT2D eigenvalue weighted by atomic mass is 16.5. The molecule has 1 aromatic rings. The molecule has 2 saturated carbocycles. The third kappa shape index (κ3) is 4.33. The van der Waals surface area contributed by atoms with Crippen molar-refractivity contribution in [2.45, 2.75) is 57.4 Å². The molecule has 0 bridgehead atoms. The summed E-state index contributed by atoms with van der Waals surface area (Å²) in [4.78, 5) is 25.1. The number of nitrogens with one attached hydrogen (secondary N) is 2. The maximum Gasteiger partial charge on any atom is 0.235 e. The van der Waals surface area contributed by atoms with Crippen molar-refractivity contribution in [2.24, 2.45) is 5.41 Å². The first-order valence-corrected chi connectivity index (χ1v) is 9.36. The standard InChI is InChI=1S/C20H28N2O3/c1-25-17-9-5-6-15(14-17)10-13-21-18(23)20(11-12-20)19(24)22-16-7-3-2-4-8-16/h5-6,9,14,16H,2-4,7-8,10-13H2,1H3,(H,21,23)(H,22,24). The van der Waals surface area contributed by atoms with Crippen molar-refractivity contribution < 1.29 is 14.3 Å². The lowest BCUT2D eigenvalue weighted by molar-refractivity contribution is -0.137. The molecule has 3 rings (SSSR count). The molecule has 0 radical (unpaired) electrons. The highest BCUT2D eigenvalue weighted by Gasteiger charge is 2.56. The molecule has 5 heteroatoms. The van der Waals surface area contributed by atoms with Crippen LogP contribution in [0.15, 0.2) is 24.3 Å². The quantitative estimate of drug-likeness (QED) is 0.747. The van der Waals surface area contributed by atoms with Crippen molar-refractivity contribution in [3.05, 3.63) is 29.8 Å². The second kappa shape index (κ2) is 7.89. The zero-order valence-corrected chi connectivity index (χ0v) is 15.0. The van der Waals surface area contributed by atoms with Crippen molar-refractivity contribution >= 4 is 11.8 Å². The Morgan fingerprint density at radius 3 is 2.60 bits per heavy atom. The number of hydrogen-bond acceptors (Lipinski definition) is 3. The average Bonchev–Trinajstić information content (AvgIpc) is 3.45. The number of carbonyl (C=O) groups is 2. The van der Waals surface area contributed by atoms with E-state index >= 15 is 0 Å². The van der Waals surface area contributed by atoms with E-state index in [2.05, 4.69) is 10.6 Å². The fourth-order valence-corrected chi connectivity index (χ4v) is 3.57. The largest absolute Gasteiger partial charge is 0.497 e. The highest BCUT2D eigenvalue weighted by Crippen LogP contribution is 2.46. The molecule has 0 heterocycles. The molecular weight excluding hydrogens is 316 g/mol. The predicted molar refractivity (Wildman–Crippen MR) is 96.4 cm³/mol. The fourth-order valence-electron chi connectivity index (χ4n) is 3.57. The van der Waals surface area contributed by atoms with Gasteiger partial charge in [0.1, 0.15) is 11.2 Å². The van der Waals surface area contributed by atoms with Gasteiger partial charge in [0.05, 0.1) is 7.11 Å². The van der Waals surface area contributed by atoms with Gasteiger partial charge in [-0.2, -0.15) is 0 Å². The highest BCUT2D eigenvalue weighted by molar-refractivity contribution is 6.07. The van der Waals surface area contributed by atoms with Crippen LogP contribution in [-0.2, 0) is 16.0 Å². The lowest BCUT2D eigenvalue weighted by atomic mass is 9.94. The van der Waals surface area contributed by atoms with Gasteiger partial charge < -0.3 is 15.4 Å². The van der Waals surface area contributed by atoms with Gasteiger partial charge in [-0.25, -0.2) is 0 Å². The van der Waals surface area contributed by atoms with Crippen LogP contribution in [0.3, 0.4) is 0 Å². The van der Waals surface area contributed by atoms with Crippen LogP contribution in [0.25, 0.3) is 0 Å². The van der Waals surface area contributed by atoms with E-state index in [1.807, 2.05) is 24.3 Å². The van der Waals surface area contributed by atoms with Gasteiger partial charge in [-0.1, -0.05) is 31.4 Å². The van der Waals surface area contributed by atoms with Gasteiger partial charge >= 0.3 is 0 Å². The first kappa shape index (κ1) is 17.8. The van der Waals surface area contributed by atoms with Crippen LogP contribution in [0.2, 0.25) is 0 Å². The maximum atomic E-state index is 12.6. The molecule has 2 aliphatic rings. The molecule has 0 saturated heterocycles. The third-order valence-corrected chi connectivity index (χ3v) is 5.39. The normalized spacial score (nSPS) is 19.1. The Morgan fingerprint density at radius 1 is 1.16 bits per heavy atom. The summed E-state index contributed by atoms with van der Waals surface area (Å²) in [5.74, 6) is 0.622. The molecule has 2 fully saturated rings. The number of benzene rings is 1. The van der Waals surface area contributed by atoms with Crippen LogP contribution in [-0.4, -0.2) is 31.5 Å². The summed E-state index contributed by atoms with van der Waals surface area (Å²) in [7, 11) is 1.64. The molecule has 5 nitrogen and oxygen atoms in total. The molecule has 0 unspecified atom stereocenters. The smallest absolute Gasteiger partial charge is 0.235 e. The number of amides is 2. The van der Waals surface area contributed by atoms with Crippen molar-refractivity contribution in [2.75, 3.05) is 13.7 Å². The van der Waals surface area contributed by atoms with Gasteiger partial charge in [0.25, 0.3) is 0 Å². The van der Waals surface area contributed by atoms with E-state index in [9.17, 15) is 9.59 Å². The summed E-state index contributed by atoms with van der Waals surface area (Å²) in [6.45, 7) is 0.532. The minimum atomic E-state index is -0.814. The Labute approximate surface area is 149 Å². The zero-order chi connectivity index (χ0) is 17.7. The average molecular weight is 344 g/mol. The van der Waals surface area contributed by atoms with Gasteiger partial charge in [-0.15, -0.1) is 0 Å². The molecule has 2 aliphatic carbocycles. The number of carbonyl (C=O) groups excluding carboxylic acids is 2. The summed E-state index contributed by atoms with van der Waals surface area (Å²) < 4.78 is 5.21. The second-order valence-electron chi connectivity index (χ2n) is 7.25. The molecule has 25 heavy (non-hydrogen) atoms. The fraction of sp³-hybridized carbons (Fsp3) is 0.600. The number of methoxy groups -OCH3 is 1. The molecule has 2 amide bonds. The van der Waals surface area contributed by atoms with E-state index in [0.717, 1.165) is 30.6 Å². The first-order chi connectivity index (χ1) is 12.1. The molecule has 1 aromatic carbocycles. The van der Waals surface area contributed by atoms with E-state index in [0.29, 0.717) is 19.4 Å². The van der Waals surface area contributed by atoms with Crippen molar-refractivity contribution in [1.29, 1.82) is 0 Å². The molecule has 2 N–H and O–H groups in total. The van der Waals surface area contributed by atoms with Gasteiger partial charge in [0, 0.05) is 12.6 Å². The van der Waals surface area contributed by atoms with Gasteiger partial charge in [0.2, 0.25) is 11.8 Å². The van der Waals surface area contributed by atoms with Crippen LogP contribution < -0.4 is 15.4 Å². The molecule has 136 valence electrons. The van der Waals surface area contributed by atoms with Crippen molar-refractivity contribution in [3.63, 3.8) is 0 Å². The topological polar surface area (TPSA) is 67.4 Å². The molecule has 0 aliphatic heterocycles. The molecular formula is C20H28N2O3. The minimum absolute atomic E-state index is 0.0710. The van der Waals surface area contributed by atoms with E-state index in [-0.39, 0.29) is 17.9 Å². The minimum Gasteiger partial charge on any atom is -0.497 e. The Balaban J connectivity index is 1.47. The Morgan fingerprint density at radius 2 is 1.92 bits per heavy atom. The van der Waals surface area contributed by atoms with Crippen molar-refractivity contribution in [3.8, 4) is 5.75 Å². The molecule has 0 spiro atoms. The second-order valence-corrected chi connectivity index (χ2v) is 7.25. The van der Waals surface area contributed by atoms with Crippen LogP contribution in [0.1, 0.15) is 50.5 Å². The van der Waals surface area contributed by atoms with Gasteiger partial charge in [-0.3, -0.25) is 9.59 Å². The van der Waals surface area contributed by atoms with Crippen LogP contribution in [0.4, 0.5) is 0 Å². The first-order valence-electron chi connectivity index (χ1n) is 9.36. The van der Waals surface area contributed by atoms with Gasteiger partial charge in [-0.05, 0) is 49.8 Å². The molecule has 0 aromatic heterocycles. The lowest BCUT2D eigenvalue weighted by Crippen LogP contribution is -2.47. The summed E-state index contributed by atoms with van der Waals surface area (Å²) in [6.07, 6.45) is 7.73. The zero-order valence-electron chi connectivity index (χ0n) is 15.0. The van der Waals surface area contributed by atoms with Crippen LogP contribution in [0, 0.1) is 5.41 Å². The van der Waals surface area contributed by atoms with E-state index in [1.54, 1.807) is 7.11 Å². The Bertz CT molecular complexity index is 619. The third-order valence-electron chi connectivity index (χ3n) is 5.39. The molecule has 0 atom stereocenters. The maximum absolute atomic E-state index is 12.6. The summed E-state index contributed by atoms with van der Waals surface area (Å²) in [5.41, 5.74) is 0.294.